The van der Waals surface area contributed by atoms with E-state index >= 15 is 0 Å². The fourth-order valence-corrected chi connectivity index (χ4v) is 6.14. The molecule has 0 radical (unpaired) electrons. The van der Waals surface area contributed by atoms with Gasteiger partial charge < -0.3 is 23.9 Å². The third-order valence-corrected chi connectivity index (χ3v) is 8.83. The highest BCUT2D eigenvalue weighted by Crippen LogP contribution is 2.31. The number of carbonyl (C=O) groups excluding carboxylic acids is 4. The molecule has 13 nitrogen and oxygen atoms in total. The number of allylic oxidation sites excluding steroid dienone is 2. The Hall–Kier alpha value is -5.86. The highest BCUT2D eigenvalue weighted by Gasteiger charge is 2.44. The number of fused-ring (bicyclic) bond motifs is 2. The van der Waals surface area contributed by atoms with Gasteiger partial charge in [0.1, 0.15) is 42.6 Å². The van der Waals surface area contributed by atoms with Gasteiger partial charge in [0.15, 0.2) is 5.95 Å². The van der Waals surface area contributed by atoms with E-state index in [1.807, 2.05) is 78.3 Å². The Morgan fingerprint density at radius 3 is 2.29 bits per heavy atom. The maximum Gasteiger partial charge on any atom is 0.262 e. The average Bonchev–Trinajstić information content (AvgIpc) is 3.65. The highest BCUT2D eigenvalue weighted by atomic mass is 19.1. The molecule has 3 aliphatic rings. The molecule has 2 unspecified atom stereocenters. The van der Waals surface area contributed by atoms with Crippen LogP contribution in [0.2, 0.25) is 0 Å². The first-order chi connectivity index (χ1) is 24.7. The maximum absolute atomic E-state index is 14.7. The van der Waals surface area contributed by atoms with Crippen molar-refractivity contribution in [2.45, 2.75) is 25.0 Å². The summed E-state index contributed by atoms with van der Waals surface area (Å²) in [5.74, 6) is -1.59. The molecule has 4 aromatic rings. The first kappa shape index (κ1) is 33.6. The summed E-state index contributed by atoms with van der Waals surface area (Å²) < 4.78 is 33.8. The number of rotatable bonds is 12. The zero-order chi connectivity index (χ0) is 35.6. The minimum Gasteiger partial charge on any atom is -0.491 e. The second-order valence-electron chi connectivity index (χ2n) is 12.4. The Morgan fingerprint density at radius 2 is 1.57 bits per heavy atom. The van der Waals surface area contributed by atoms with Gasteiger partial charge in [-0.15, -0.1) is 0 Å². The van der Waals surface area contributed by atoms with Gasteiger partial charge in [-0.25, -0.2) is 4.98 Å². The molecule has 0 bridgehead atoms. The van der Waals surface area contributed by atoms with Crippen LogP contribution in [-0.4, -0.2) is 95.5 Å². The number of imidazole rings is 1. The molecule has 2 aromatic heterocycles. The third-order valence-electron chi connectivity index (χ3n) is 8.83. The summed E-state index contributed by atoms with van der Waals surface area (Å²) in [6.45, 7) is 1.05. The number of nitrogens with one attached hydrogen (secondary N) is 2. The Balaban J connectivity index is 0.865. The minimum atomic E-state index is -1.02. The Kier molecular flexibility index (Phi) is 9.34. The summed E-state index contributed by atoms with van der Waals surface area (Å²) in [7, 11) is 3.76. The molecule has 0 aliphatic carbocycles. The molecule has 1 fully saturated rings. The second kappa shape index (κ2) is 14.2. The maximum atomic E-state index is 14.7. The topological polar surface area (TPSA) is 144 Å². The highest BCUT2D eigenvalue weighted by molar-refractivity contribution is 6.23. The monoisotopic (exact) mass is 694 g/mol. The molecule has 2 N–H and O–H groups in total. The lowest BCUT2D eigenvalue weighted by Gasteiger charge is -2.27. The summed E-state index contributed by atoms with van der Waals surface area (Å²) in [5.41, 5.74) is 4.02. The zero-order valence-electron chi connectivity index (χ0n) is 27.9. The second-order valence-corrected chi connectivity index (χ2v) is 12.4. The van der Waals surface area contributed by atoms with Gasteiger partial charge in [0.2, 0.25) is 11.8 Å². The Labute approximate surface area is 292 Å². The van der Waals surface area contributed by atoms with Gasteiger partial charge in [-0.3, -0.25) is 34.3 Å². The number of benzene rings is 2. The average molecular weight is 695 g/mol. The normalized spacial score (nSPS) is 18.8. The first-order valence-corrected chi connectivity index (χ1v) is 16.5. The lowest BCUT2D eigenvalue weighted by atomic mass is 10.0. The van der Waals surface area contributed by atoms with Gasteiger partial charge >= 0.3 is 0 Å². The molecule has 7 rings (SSSR count). The number of carbonyl (C=O) groups is 4. The van der Waals surface area contributed by atoms with E-state index in [2.05, 4.69) is 10.6 Å². The number of likely N-dealkylation sites (N-methyl/N-ethyl adjacent to an activating group) is 1. The van der Waals surface area contributed by atoms with E-state index in [-0.39, 0.29) is 49.3 Å². The molecule has 262 valence electrons. The molecule has 4 amide bonds. The standard InChI is InChI=1S/C37H35FN6O7/c1-42(2)31-13-10-26(34(38)40-31)22-3-5-23(6-4-22)29-21-43-20-25(8-12-32(43)39-29)51-18-16-49-15-17-50-24-7-9-27-28(19-24)37(48)44(36(27)47)30-11-14-33(45)41-35(30)46/h3-10,12-13,19-21,30-31,40H,11,14-18H2,1-2H3,(H,41,45,46). The molecule has 14 heteroatoms. The fraction of sp³-hybridized carbons (Fsp3) is 0.270. The van der Waals surface area contributed by atoms with Crippen molar-refractivity contribution in [1.82, 2.24) is 29.8 Å². The number of dihydropyridines is 1. The van der Waals surface area contributed by atoms with Gasteiger partial charge in [-0.1, -0.05) is 30.3 Å². The number of hydrogen-bond acceptors (Lipinski definition) is 10. The predicted molar refractivity (Wildman–Crippen MR) is 183 cm³/mol. The van der Waals surface area contributed by atoms with Gasteiger partial charge in [0, 0.05) is 23.8 Å². The van der Waals surface area contributed by atoms with Crippen LogP contribution in [0.3, 0.4) is 0 Å². The third kappa shape index (κ3) is 6.96. The smallest absolute Gasteiger partial charge is 0.262 e. The van der Waals surface area contributed by atoms with Crippen LogP contribution in [-0.2, 0) is 14.3 Å². The molecule has 0 saturated carbocycles. The van der Waals surface area contributed by atoms with Crippen molar-refractivity contribution in [3.63, 3.8) is 0 Å². The van der Waals surface area contributed by atoms with Crippen molar-refractivity contribution >= 4 is 34.8 Å². The largest absolute Gasteiger partial charge is 0.491 e. The van der Waals surface area contributed by atoms with Gasteiger partial charge in [0.25, 0.3) is 11.8 Å². The van der Waals surface area contributed by atoms with E-state index in [0.29, 0.717) is 30.3 Å². The molecule has 0 spiro atoms. The van der Waals surface area contributed by atoms with Crippen LogP contribution in [0.25, 0.3) is 22.5 Å². The van der Waals surface area contributed by atoms with E-state index in [1.54, 1.807) is 12.1 Å². The number of piperidine rings is 1. The van der Waals surface area contributed by atoms with Crippen LogP contribution in [0.5, 0.6) is 11.5 Å². The van der Waals surface area contributed by atoms with Crippen molar-refractivity contribution in [2.75, 3.05) is 40.5 Å². The lowest BCUT2D eigenvalue weighted by Crippen LogP contribution is -2.54. The van der Waals surface area contributed by atoms with Crippen molar-refractivity contribution in [2.24, 2.45) is 0 Å². The summed E-state index contributed by atoms with van der Waals surface area (Å²) in [4.78, 5) is 57.1. The molecule has 2 atom stereocenters. The summed E-state index contributed by atoms with van der Waals surface area (Å²) in [6, 6.07) is 14.8. The number of imide groups is 2. The molecular weight excluding hydrogens is 659 g/mol. The predicted octanol–water partition coefficient (Wildman–Crippen LogP) is 3.56. The van der Waals surface area contributed by atoms with Gasteiger partial charge in [-0.05, 0) is 62.5 Å². The molecular formula is C37H35FN6O7. The van der Waals surface area contributed by atoms with Gasteiger partial charge in [0.05, 0.1) is 36.2 Å². The molecule has 5 heterocycles. The number of amides is 4. The summed E-state index contributed by atoms with van der Waals surface area (Å²) in [5, 5.41) is 5.05. The van der Waals surface area contributed by atoms with Crippen LogP contribution in [0.1, 0.15) is 39.1 Å². The van der Waals surface area contributed by atoms with E-state index in [4.69, 9.17) is 19.2 Å². The zero-order valence-corrected chi connectivity index (χ0v) is 27.9. The number of halogens is 1. The number of hydrogen-bond donors (Lipinski definition) is 2. The minimum absolute atomic E-state index is 0.0550. The van der Waals surface area contributed by atoms with Crippen molar-refractivity contribution in [3.8, 4) is 22.8 Å². The lowest BCUT2D eigenvalue weighted by molar-refractivity contribution is -0.136. The van der Waals surface area contributed by atoms with Crippen LogP contribution < -0.4 is 20.1 Å². The molecule has 3 aliphatic heterocycles. The Bertz CT molecular complexity index is 2090. The van der Waals surface area contributed by atoms with Gasteiger partial charge in [-0.2, -0.15) is 4.39 Å². The van der Waals surface area contributed by atoms with E-state index in [0.717, 1.165) is 27.4 Å². The van der Waals surface area contributed by atoms with E-state index < -0.39 is 29.7 Å². The van der Waals surface area contributed by atoms with Crippen LogP contribution >= 0.6 is 0 Å². The SMILES string of the molecule is CN(C)C1C=CC(c2ccc(-c3cn4cc(OCCOCCOc5ccc6c(c5)C(=O)N(C5CCC(=O)NC5=O)C6=O)ccc4n3)cc2)=C(F)N1. The first-order valence-electron chi connectivity index (χ1n) is 16.5. The molecule has 2 aromatic carbocycles. The van der Waals surface area contributed by atoms with Crippen LogP contribution in [0.15, 0.2) is 85.1 Å². The van der Waals surface area contributed by atoms with Crippen molar-refractivity contribution in [3.05, 3.63) is 102 Å². The summed E-state index contributed by atoms with van der Waals surface area (Å²) >= 11 is 0. The molecule has 51 heavy (non-hydrogen) atoms. The summed E-state index contributed by atoms with van der Waals surface area (Å²) in [6.07, 6.45) is 7.42. The number of pyridine rings is 1. The van der Waals surface area contributed by atoms with E-state index in [1.165, 1.54) is 12.1 Å². The van der Waals surface area contributed by atoms with Crippen molar-refractivity contribution in [1.29, 1.82) is 0 Å². The fourth-order valence-electron chi connectivity index (χ4n) is 6.14. The molecule has 1 saturated heterocycles. The Morgan fingerprint density at radius 1 is 0.863 bits per heavy atom. The quantitative estimate of drug-likeness (QED) is 0.128. The van der Waals surface area contributed by atoms with Crippen LogP contribution in [0, 0.1) is 0 Å². The number of aromatic nitrogens is 2. The van der Waals surface area contributed by atoms with Crippen molar-refractivity contribution < 1.29 is 37.8 Å². The number of nitrogens with zero attached hydrogens (tertiary/aromatic N) is 4. The van der Waals surface area contributed by atoms with E-state index in [9.17, 15) is 23.6 Å². The number of ether oxygens (including phenoxy) is 3. The van der Waals surface area contributed by atoms with Crippen LogP contribution in [0.4, 0.5) is 4.39 Å².